The van der Waals surface area contributed by atoms with Crippen LogP contribution in [0.5, 0.6) is 0 Å². The van der Waals surface area contributed by atoms with Gasteiger partial charge in [0.15, 0.2) is 0 Å². The second-order valence-electron chi connectivity index (χ2n) is 3.75. The molecule has 0 aliphatic heterocycles. The average molecular weight is 348 g/mol. The summed E-state index contributed by atoms with van der Waals surface area (Å²) in [5.41, 5.74) is 0.145. The zero-order valence-electron chi connectivity index (χ0n) is 10.0. The molecule has 0 bridgehead atoms. The topological polar surface area (TPSA) is 69.6 Å². The molecule has 0 unspecified atom stereocenters. The van der Waals surface area contributed by atoms with E-state index >= 15 is 0 Å². The fourth-order valence-electron chi connectivity index (χ4n) is 1.23. The van der Waals surface area contributed by atoms with Crippen LogP contribution in [0.25, 0.3) is 0 Å². The summed E-state index contributed by atoms with van der Waals surface area (Å²) in [6.45, 7) is 0.0954. The van der Waals surface area contributed by atoms with Gasteiger partial charge in [0.1, 0.15) is 0 Å². The Labute approximate surface area is 127 Å². The van der Waals surface area contributed by atoms with E-state index in [0.29, 0.717) is 6.42 Å². The molecule has 1 aromatic rings. The first-order chi connectivity index (χ1) is 8.77. The maximum absolute atomic E-state index is 12.0. The van der Waals surface area contributed by atoms with Crippen molar-refractivity contribution in [1.29, 1.82) is 0 Å². The highest BCUT2D eigenvalue weighted by Gasteiger charge is 2.19. The summed E-state index contributed by atoms with van der Waals surface area (Å²) in [7, 11) is -2.36. The number of hydrogen-bond acceptors (Lipinski definition) is 3. The summed E-state index contributed by atoms with van der Waals surface area (Å²) in [6.07, 6.45) is 0.340. The molecule has 0 heterocycles. The highest BCUT2D eigenvalue weighted by Crippen LogP contribution is 2.32. The van der Waals surface area contributed by atoms with Gasteiger partial charge in [-0.15, -0.1) is 0 Å². The van der Waals surface area contributed by atoms with E-state index in [4.69, 9.17) is 39.9 Å². The van der Waals surface area contributed by atoms with Gasteiger partial charge < -0.3 is 5.11 Å². The van der Waals surface area contributed by atoms with E-state index in [9.17, 15) is 8.42 Å². The number of hydrogen-bond donors (Lipinski definition) is 2. The molecule has 0 atom stereocenters. The Bertz CT molecular complexity index is 551. The highest BCUT2D eigenvalue weighted by molar-refractivity contribution is 7.90. The van der Waals surface area contributed by atoms with Crippen molar-refractivity contribution in [1.82, 2.24) is 4.31 Å². The van der Waals surface area contributed by atoms with Crippen molar-refractivity contribution in [2.24, 2.45) is 0 Å². The summed E-state index contributed by atoms with van der Waals surface area (Å²) in [5, 5.41) is 9.27. The van der Waals surface area contributed by atoms with E-state index < -0.39 is 10.2 Å². The molecule has 5 nitrogen and oxygen atoms in total. The number of rotatable bonds is 6. The number of anilines is 1. The Morgan fingerprint density at radius 3 is 2.37 bits per heavy atom. The summed E-state index contributed by atoms with van der Waals surface area (Å²) >= 11 is 17.5. The molecule has 9 heteroatoms. The lowest BCUT2D eigenvalue weighted by Gasteiger charge is -2.18. The number of halogens is 3. The standard InChI is InChI=1S/C10H13Cl3N2O3S/c1-15(3-2-4-16)19(17,18)14-10-6-8(12)7(11)5-9(10)13/h5-6,14,16H,2-4H2,1H3. The van der Waals surface area contributed by atoms with Crippen molar-refractivity contribution >= 4 is 50.7 Å². The van der Waals surface area contributed by atoms with Crippen LogP contribution in [0.3, 0.4) is 0 Å². The van der Waals surface area contributed by atoms with Gasteiger partial charge in [-0.1, -0.05) is 34.8 Å². The van der Waals surface area contributed by atoms with Crippen LogP contribution in [0.4, 0.5) is 5.69 Å². The fraction of sp³-hybridized carbons (Fsp3) is 0.400. The van der Waals surface area contributed by atoms with Crippen molar-refractivity contribution in [3.63, 3.8) is 0 Å². The fourth-order valence-corrected chi connectivity index (χ4v) is 2.85. The van der Waals surface area contributed by atoms with Crippen molar-refractivity contribution < 1.29 is 13.5 Å². The predicted octanol–water partition coefficient (Wildman–Crippen LogP) is 2.62. The SMILES string of the molecule is CN(CCCO)S(=O)(=O)Nc1cc(Cl)c(Cl)cc1Cl. The molecule has 1 aromatic carbocycles. The molecule has 0 saturated carbocycles. The molecule has 2 N–H and O–H groups in total. The Kier molecular flexibility index (Phi) is 6.16. The van der Waals surface area contributed by atoms with E-state index in [1.54, 1.807) is 0 Å². The molecule has 0 radical (unpaired) electrons. The molecule has 0 spiro atoms. The Balaban J connectivity index is 2.92. The first-order valence-corrected chi connectivity index (χ1v) is 7.85. The van der Waals surface area contributed by atoms with Gasteiger partial charge in [0.25, 0.3) is 0 Å². The van der Waals surface area contributed by atoms with Gasteiger partial charge in [0.05, 0.1) is 20.8 Å². The van der Waals surface area contributed by atoms with Crippen LogP contribution in [0.15, 0.2) is 12.1 Å². The number of aliphatic hydroxyl groups is 1. The number of aliphatic hydroxyl groups excluding tert-OH is 1. The quantitative estimate of drug-likeness (QED) is 0.777. The zero-order valence-corrected chi connectivity index (χ0v) is 13.1. The third kappa shape index (κ3) is 4.66. The average Bonchev–Trinajstić information content (AvgIpc) is 2.32. The summed E-state index contributed by atoms with van der Waals surface area (Å²) < 4.78 is 27.3. The molecular weight excluding hydrogens is 335 g/mol. The van der Waals surface area contributed by atoms with Gasteiger partial charge in [-0.3, -0.25) is 4.72 Å². The second-order valence-corrected chi connectivity index (χ2v) is 6.75. The van der Waals surface area contributed by atoms with E-state index in [1.807, 2.05) is 0 Å². The molecule has 0 saturated heterocycles. The number of benzene rings is 1. The van der Waals surface area contributed by atoms with Crippen molar-refractivity contribution in [3.05, 3.63) is 27.2 Å². The highest BCUT2D eigenvalue weighted by atomic mass is 35.5. The van der Waals surface area contributed by atoms with E-state index in [2.05, 4.69) is 4.72 Å². The molecule has 0 amide bonds. The van der Waals surface area contributed by atoms with E-state index in [-0.39, 0.29) is 33.9 Å². The van der Waals surface area contributed by atoms with Crippen LogP contribution in [-0.2, 0) is 10.2 Å². The molecule has 0 aliphatic rings. The van der Waals surface area contributed by atoms with Gasteiger partial charge in [-0.2, -0.15) is 12.7 Å². The molecular formula is C10H13Cl3N2O3S. The van der Waals surface area contributed by atoms with Gasteiger partial charge in [0.2, 0.25) is 0 Å². The molecule has 0 aliphatic carbocycles. The van der Waals surface area contributed by atoms with Gasteiger partial charge >= 0.3 is 10.2 Å². The van der Waals surface area contributed by atoms with Crippen LogP contribution >= 0.6 is 34.8 Å². The van der Waals surface area contributed by atoms with Gasteiger partial charge in [0, 0.05) is 20.2 Å². The maximum Gasteiger partial charge on any atom is 0.301 e. The predicted molar refractivity (Wildman–Crippen MR) is 78.3 cm³/mol. The first-order valence-electron chi connectivity index (χ1n) is 5.27. The number of nitrogens with zero attached hydrogens (tertiary/aromatic N) is 1. The summed E-state index contributed by atoms with van der Waals surface area (Å²) in [5.74, 6) is 0. The first kappa shape index (κ1) is 16.8. The van der Waals surface area contributed by atoms with Crippen LogP contribution < -0.4 is 4.72 Å². The maximum atomic E-state index is 12.0. The largest absolute Gasteiger partial charge is 0.396 e. The molecule has 108 valence electrons. The molecule has 0 fully saturated rings. The molecule has 0 aromatic heterocycles. The zero-order chi connectivity index (χ0) is 14.6. The Hall–Kier alpha value is -0.240. The third-order valence-corrected chi connectivity index (χ3v) is 4.81. The van der Waals surface area contributed by atoms with Gasteiger partial charge in [-0.05, 0) is 18.6 Å². The van der Waals surface area contributed by atoms with Crippen LogP contribution in [0, 0.1) is 0 Å². The van der Waals surface area contributed by atoms with Crippen LogP contribution in [-0.4, -0.2) is 38.0 Å². The lowest BCUT2D eigenvalue weighted by atomic mass is 10.3. The van der Waals surface area contributed by atoms with Crippen LogP contribution in [0.2, 0.25) is 15.1 Å². The normalized spacial score (nSPS) is 11.9. The minimum absolute atomic E-state index is 0.0899. The smallest absolute Gasteiger partial charge is 0.301 e. The van der Waals surface area contributed by atoms with E-state index in [0.717, 1.165) is 4.31 Å². The van der Waals surface area contributed by atoms with Crippen molar-refractivity contribution in [2.45, 2.75) is 6.42 Å². The summed E-state index contributed by atoms with van der Waals surface area (Å²) in [6, 6.07) is 2.70. The minimum Gasteiger partial charge on any atom is -0.396 e. The van der Waals surface area contributed by atoms with E-state index in [1.165, 1.54) is 19.2 Å². The monoisotopic (exact) mass is 346 g/mol. The van der Waals surface area contributed by atoms with Crippen molar-refractivity contribution in [2.75, 3.05) is 24.9 Å². The lowest BCUT2D eigenvalue weighted by molar-refractivity contribution is 0.276. The lowest BCUT2D eigenvalue weighted by Crippen LogP contribution is -2.33. The second kappa shape index (κ2) is 6.97. The molecule has 1 rings (SSSR count). The molecule has 19 heavy (non-hydrogen) atoms. The summed E-state index contributed by atoms with van der Waals surface area (Å²) in [4.78, 5) is 0. The Morgan fingerprint density at radius 1 is 1.21 bits per heavy atom. The van der Waals surface area contributed by atoms with Gasteiger partial charge in [-0.25, -0.2) is 0 Å². The minimum atomic E-state index is -3.75. The third-order valence-electron chi connectivity index (χ3n) is 2.29. The Morgan fingerprint density at radius 2 is 1.79 bits per heavy atom. The van der Waals surface area contributed by atoms with Crippen LogP contribution in [0.1, 0.15) is 6.42 Å². The number of nitrogens with one attached hydrogen (secondary N) is 1. The van der Waals surface area contributed by atoms with Crippen molar-refractivity contribution in [3.8, 4) is 0 Å².